The summed E-state index contributed by atoms with van der Waals surface area (Å²) in [6.07, 6.45) is 8.07. The van der Waals surface area contributed by atoms with Gasteiger partial charge in [-0.3, -0.25) is 4.79 Å². The molecule has 0 amide bonds. The molecule has 18 atom stereocenters. The van der Waals surface area contributed by atoms with Crippen molar-refractivity contribution in [3.8, 4) is 0 Å². The van der Waals surface area contributed by atoms with Crippen LogP contribution in [0.5, 0.6) is 0 Å². The first-order valence-electron chi connectivity index (χ1n) is 22.7. The van der Waals surface area contributed by atoms with Crippen molar-refractivity contribution < 1.29 is 63.1 Å². The molecule has 13 heteroatoms. The second-order valence-electron chi connectivity index (χ2n) is 19.3. The molecule has 5 aliphatic heterocycles. The molecule has 0 aromatic rings. The SMILES string of the molecule is COC1CC(OC2/C(C)=C\CC3CCC(CC4(CCC(C(C)C)CO4)O3)OC(=O)C3C=C(C)C(O)C4CC/C(=C\C=C/C2C)C34O)OC(C)C1OC1CC(O)C(O)C(C)O1. The minimum atomic E-state index is -1.60. The number of carbonyl (C=O) groups excluding carboxylic acids is 1. The van der Waals surface area contributed by atoms with E-state index in [2.05, 4.69) is 33.8 Å². The average molecular weight is 845 g/mol. The summed E-state index contributed by atoms with van der Waals surface area (Å²) >= 11 is 0. The molecule has 0 aromatic carbocycles. The normalized spacial score (nSPS) is 49.1. The number of allylic oxidation sites excluding steroid dienone is 2. The zero-order valence-electron chi connectivity index (χ0n) is 36.9. The van der Waals surface area contributed by atoms with Crippen LogP contribution in [0.15, 0.2) is 47.1 Å². The van der Waals surface area contributed by atoms with Gasteiger partial charge in [-0.05, 0) is 94.8 Å². The fraction of sp³-hybridized carbons (Fsp3) is 0.809. The van der Waals surface area contributed by atoms with Crippen LogP contribution in [0, 0.1) is 29.6 Å². The Hall–Kier alpha value is -2.01. The summed E-state index contributed by atoms with van der Waals surface area (Å²) in [5.41, 5.74) is 0.774. The van der Waals surface area contributed by atoms with E-state index in [1.54, 1.807) is 20.1 Å². The first kappa shape index (κ1) is 46.0. The molecule has 7 rings (SSSR count). The summed E-state index contributed by atoms with van der Waals surface area (Å²) in [4.78, 5) is 14.3. The van der Waals surface area contributed by atoms with Crippen molar-refractivity contribution in [3.05, 3.63) is 47.1 Å². The van der Waals surface area contributed by atoms with E-state index in [4.69, 9.17) is 37.9 Å². The molecule has 5 heterocycles. The molecular formula is C47H72O13. The molecule has 2 bridgehead atoms. The number of esters is 1. The monoisotopic (exact) mass is 844 g/mol. The first-order chi connectivity index (χ1) is 28.5. The lowest BCUT2D eigenvalue weighted by atomic mass is 9.68. The third kappa shape index (κ3) is 9.57. The molecule has 60 heavy (non-hydrogen) atoms. The third-order valence-electron chi connectivity index (χ3n) is 14.8. The lowest BCUT2D eigenvalue weighted by Gasteiger charge is -2.44. The summed E-state index contributed by atoms with van der Waals surface area (Å²) in [6, 6.07) is 0. The van der Waals surface area contributed by atoms with E-state index in [-0.39, 0.29) is 18.4 Å². The molecule has 18 unspecified atom stereocenters. The molecule has 7 aliphatic rings. The number of hydrogen-bond donors (Lipinski definition) is 4. The number of carbonyl (C=O) groups is 1. The van der Waals surface area contributed by atoms with E-state index in [0.717, 1.165) is 12.0 Å². The Kier molecular flexibility index (Phi) is 14.6. The number of aliphatic hydroxyl groups is 4. The van der Waals surface area contributed by atoms with Gasteiger partial charge in [0.15, 0.2) is 18.4 Å². The van der Waals surface area contributed by atoms with Crippen molar-refractivity contribution in [2.24, 2.45) is 29.6 Å². The van der Waals surface area contributed by atoms with Gasteiger partial charge in [0.1, 0.15) is 29.8 Å². The van der Waals surface area contributed by atoms with E-state index < -0.39 is 96.7 Å². The Balaban J connectivity index is 1.17. The molecule has 0 aromatic heterocycles. The Morgan fingerprint density at radius 1 is 0.917 bits per heavy atom. The second-order valence-corrected chi connectivity index (χ2v) is 19.3. The zero-order chi connectivity index (χ0) is 43.1. The van der Waals surface area contributed by atoms with Gasteiger partial charge in [0.2, 0.25) is 0 Å². The fourth-order valence-corrected chi connectivity index (χ4v) is 10.9. The number of fused-ring (bicyclic) bond motifs is 3. The summed E-state index contributed by atoms with van der Waals surface area (Å²) in [6.45, 7) is 14.6. The van der Waals surface area contributed by atoms with Crippen LogP contribution in [-0.2, 0) is 42.7 Å². The topological polar surface area (TPSA) is 172 Å². The van der Waals surface area contributed by atoms with Crippen molar-refractivity contribution in [3.63, 3.8) is 0 Å². The molecule has 4 N–H and O–H groups in total. The van der Waals surface area contributed by atoms with Crippen LogP contribution < -0.4 is 0 Å². The van der Waals surface area contributed by atoms with Gasteiger partial charge >= 0.3 is 5.97 Å². The van der Waals surface area contributed by atoms with Gasteiger partial charge in [-0.15, -0.1) is 0 Å². The lowest BCUT2D eigenvalue weighted by molar-refractivity contribution is -0.317. The molecule has 1 saturated carbocycles. The summed E-state index contributed by atoms with van der Waals surface area (Å²) < 4.78 is 51.6. The summed E-state index contributed by atoms with van der Waals surface area (Å²) in [5.74, 6) is -2.16. The highest BCUT2D eigenvalue weighted by Crippen LogP contribution is 2.52. The van der Waals surface area contributed by atoms with Crippen molar-refractivity contribution in [2.45, 2.75) is 198 Å². The van der Waals surface area contributed by atoms with Crippen LogP contribution in [0.2, 0.25) is 0 Å². The third-order valence-corrected chi connectivity index (χ3v) is 14.8. The molecule has 5 fully saturated rings. The molecule has 4 saturated heterocycles. The maximum atomic E-state index is 14.3. The number of hydrogen-bond acceptors (Lipinski definition) is 13. The van der Waals surface area contributed by atoms with Gasteiger partial charge in [0.25, 0.3) is 0 Å². The maximum Gasteiger partial charge on any atom is 0.316 e. The van der Waals surface area contributed by atoms with Crippen LogP contribution in [0.3, 0.4) is 0 Å². The number of methoxy groups -OCH3 is 1. The largest absolute Gasteiger partial charge is 0.462 e. The Morgan fingerprint density at radius 2 is 1.65 bits per heavy atom. The smallest absolute Gasteiger partial charge is 0.316 e. The van der Waals surface area contributed by atoms with Crippen LogP contribution in [0.4, 0.5) is 0 Å². The highest BCUT2D eigenvalue weighted by molar-refractivity contribution is 5.78. The van der Waals surface area contributed by atoms with Crippen LogP contribution >= 0.6 is 0 Å². The fourth-order valence-electron chi connectivity index (χ4n) is 10.9. The zero-order valence-corrected chi connectivity index (χ0v) is 36.9. The molecule has 0 radical (unpaired) electrons. The minimum Gasteiger partial charge on any atom is -0.462 e. The number of rotatable bonds is 6. The van der Waals surface area contributed by atoms with Gasteiger partial charge in [0, 0.05) is 44.6 Å². The molecule has 2 aliphatic carbocycles. The average Bonchev–Trinajstić information content (AvgIpc) is 3.45. The Labute approximate surface area is 356 Å². The number of aliphatic hydroxyl groups excluding tert-OH is 3. The molecule has 13 nitrogen and oxygen atoms in total. The van der Waals surface area contributed by atoms with E-state index in [9.17, 15) is 25.2 Å². The first-order valence-corrected chi connectivity index (χ1v) is 22.7. The van der Waals surface area contributed by atoms with Gasteiger partial charge in [-0.25, -0.2) is 0 Å². The van der Waals surface area contributed by atoms with E-state index in [1.807, 2.05) is 32.1 Å². The van der Waals surface area contributed by atoms with E-state index in [0.29, 0.717) is 81.0 Å². The second kappa shape index (κ2) is 19.0. The van der Waals surface area contributed by atoms with E-state index >= 15 is 0 Å². The minimum absolute atomic E-state index is 0.132. The van der Waals surface area contributed by atoms with Crippen molar-refractivity contribution in [1.29, 1.82) is 0 Å². The maximum absolute atomic E-state index is 14.3. The predicted octanol–water partition coefficient (Wildman–Crippen LogP) is 5.57. The van der Waals surface area contributed by atoms with Crippen molar-refractivity contribution in [2.75, 3.05) is 13.7 Å². The highest BCUT2D eigenvalue weighted by atomic mass is 16.7. The van der Waals surface area contributed by atoms with Crippen molar-refractivity contribution in [1.82, 2.24) is 0 Å². The van der Waals surface area contributed by atoms with Gasteiger partial charge in [-0.1, -0.05) is 51.2 Å². The Morgan fingerprint density at radius 3 is 2.35 bits per heavy atom. The molecular weight excluding hydrogens is 773 g/mol. The number of ether oxygens (including phenoxy) is 8. The standard InChI is InChI=1S/C47H72O13/c1-25(2)31-18-19-46(54-24-31)23-34-16-15-33(60-46)14-12-27(4)43(58-40-22-38(53-8)44(30(7)56-40)59-39-21-37(48)42(50)29(6)55-39)26(3)10-9-11-32-13-17-35-41(49)28(5)20-36(45(51)57-34)47(32,35)52/h9-12,20,25-26,29-31,33-44,48-50,52H,13-19,21-24H2,1-8H3/b10-9-,27-12-,32-11+. The molecule has 1 spiro atoms. The lowest BCUT2D eigenvalue weighted by Crippen LogP contribution is -2.55. The highest BCUT2D eigenvalue weighted by Gasteiger charge is 2.58. The van der Waals surface area contributed by atoms with Crippen LogP contribution in [0.25, 0.3) is 0 Å². The summed E-state index contributed by atoms with van der Waals surface area (Å²) in [5, 5.41) is 44.5. The molecule has 338 valence electrons. The Bertz CT molecular complexity index is 1600. The van der Waals surface area contributed by atoms with E-state index in [1.165, 1.54) is 0 Å². The van der Waals surface area contributed by atoms with Crippen molar-refractivity contribution >= 4 is 5.97 Å². The van der Waals surface area contributed by atoms with Crippen LogP contribution in [-0.4, -0.2) is 125 Å². The van der Waals surface area contributed by atoms with Gasteiger partial charge < -0.3 is 58.3 Å². The quantitative estimate of drug-likeness (QED) is 0.194. The van der Waals surface area contributed by atoms with Gasteiger partial charge in [-0.2, -0.15) is 0 Å². The predicted molar refractivity (Wildman–Crippen MR) is 221 cm³/mol. The van der Waals surface area contributed by atoms with Crippen LogP contribution in [0.1, 0.15) is 113 Å². The summed E-state index contributed by atoms with van der Waals surface area (Å²) in [7, 11) is 1.63. The van der Waals surface area contributed by atoms with Gasteiger partial charge in [0.05, 0.1) is 49.3 Å².